The van der Waals surface area contributed by atoms with Crippen LogP contribution in [0, 0.1) is 46.5 Å². The third-order valence-corrected chi connectivity index (χ3v) is 4.90. The molecule has 1 aliphatic rings. The molecule has 176 valence electrons. The molecule has 0 radical (unpaired) electrons. The predicted molar refractivity (Wildman–Crippen MR) is 97.9 cm³/mol. The van der Waals surface area contributed by atoms with Crippen molar-refractivity contribution in [3.05, 3.63) is 99.9 Å². The fourth-order valence-corrected chi connectivity index (χ4v) is 3.34. The van der Waals surface area contributed by atoms with Crippen molar-refractivity contribution in [1.29, 1.82) is 0 Å². The Hall–Kier alpha value is -3.64. The van der Waals surface area contributed by atoms with Gasteiger partial charge in [0.2, 0.25) is 29.1 Å². The SMILES string of the molecule is FC1=C(F)C(B(Oc2ccc(F)c(F)c2)Oc2c(F)c(F)c(F)c(F)c2F)c2cccc(F)c21. The minimum absolute atomic E-state index is 0.393. The third kappa shape index (κ3) is 3.74. The summed E-state index contributed by atoms with van der Waals surface area (Å²) in [4.78, 5) is 0. The molecule has 0 amide bonds. The predicted octanol–water partition coefficient (Wildman–Crippen LogP) is 6.69. The van der Waals surface area contributed by atoms with Crippen LogP contribution in [0.1, 0.15) is 16.9 Å². The van der Waals surface area contributed by atoms with Crippen LogP contribution in [0.3, 0.4) is 0 Å². The first-order valence-corrected chi connectivity index (χ1v) is 9.16. The highest BCUT2D eigenvalue weighted by atomic mass is 19.2. The third-order valence-electron chi connectivity index (χ3n) is 4.90. The molecule has 0 N–H and O–H groups in total. The van der Waals surface area contributed by atoms with E-state index in [0.717, 1.165) is 24.3 Å². The number of rotatable bonds is 5. The van der Waals surface area contributed by atoms with Crippen LogP contribution in [0.2, 0.25) is 0 Å². The molecule has 0 saturated carbocycles. The highest BCUT2D eigenvalue weighted by Gasteiger charge is 2.49. The summed E-state index contributed by atoms with van der Waals surface area (Å²) in [5.41, 5.74) is -1.41. The van der Waals surface area contributed by atoms with Gasteiger partial charge in [0.05, 0.1) is 5.56 Å². The van der Waals surface area contributed by atoms with E-state index < -0.39 is 93.8 Å². The second-order valence-electron chi connectivity index (χ2n) is 6.92. The molecule has 0 saturated heterocycles. The zero-order valence-corrected chi connectivity index (χ0v) is 16.2. The quantitative estimate of drug-likeness (QED) is 0.171. The molecule has 1 unspecified atom stereocenters. The largest absolute Gasteiger partial charge is 0.610 e. The van der Waals surface area contributed by atoms with Crippen molar-refractivity contribution in [1.82, 2.24) is 0 Å². The number of halogens is 10. The molecule has 0 heterocycles. The van der Waals surface area contributed by atoms with Crippen molar-refractivity contribution in [3.63, 3.8) is 0 Å². The number of hydrogen-bond donors (Lipinski definition) is 0. The molecule has 3 aromatic carbocycles. The Morgan fingerprint density at radius 1 is 0.618 bits per heavy atom. The highest BCUT2D eigenvalue weighted by molar-refractivity contribution is 6.50. The molecule has 0 spiro atoms. The Bertz CT molecular complexity index is 1310. The van der Waals surface area contributed by atoms with E-state index in [-0.39, 0.29) is 0 Å². The molecule has 1 atom stereocenters. The maximum absolute atomic E-state index is 14.8. The Kier molecular flexibility index (Phi) is 5.96. The van der Waals surface area contributed by atoms with Gasteiger partial charge in [0.1, 0.15) is 23.2 Å². The van der Waals surface area contributed by atoms with E-state index in [9.17, 15) is 43.9 Å². The van der Waals surface area contributed by atoms with Crippen molar-refractivity contribution < 1.29 is 53.2 Å². The second-order valence-corrected chi connectivity index (χ2v) is 6.92. The first kappa shape index (κ1) is 23.5. The molecule has 3 aromatic rings. The molecule has 0 fully saturated rings. The zero-order valence-electron chi connectivity index (χ0n) is 16.2. The molecule has 2 nitrogen and oxygen atoms in total. The summed E-state index contributed by atoms with van der Waals surface area (Å²) in [6.07, 6.45) is 0. The summed E-state index contributed by atoms with van der Waals surface area (Å²) in [5, 5.41) is 0. The maximum atomic E-state index is 14.8. The van der Waals surface area contributed by atoms with Crippen LogP contribution in [0.25, 0.3) is 5.83 Å². The van der Waals surface area contributed by atoms with Gasteiger partial charge in [0.25, 0.3) is 0 Å². The van der Waals surface area contributed by atoms with Crippen molar-refractivity contribution in [2.45, 2.75) is 5.82 Å². The van der Waals surface area contributed by atoms with Crippen LogP contribution < -0.4 is 9.31 Å². The lowest BCUT2D eigenvalue weighted by molar-refractivity contribution is 0.325. The van der Waals surface area contributed by atoms with Crippen molar-refractivity contribution in [2.24, 2.45) is 0 Å². The zero-order chi connectivity index (χ0) is 24.9. The van der Waals surface area contributed by atoms with E-state index in [4.69, 9.17) is 9.31 Å². The van der Waals surface area contributed by atoms with E-state index in [1.165, 1.54) is 0 Å². The van der Waals surface area contributed by atoms with Gasteiger partial charge in [-0.3, -0.25) is 0 Å². The summed E-state index contributed by atoms with van der Waals surface area (Å²) in [5.74, 6) is -24.6. The Morgan fingerprint density at radius 2 is 1.24 bits per heavy atom. The highest BCUT2D eigenvalue weighted by Crippen LogP contribution is 2.46. The molecule has 34 heavy (non-hydrogen) atoms. The van der Waals surface area contributed by atoms with E-state index in [1.807, 2.05) is 0 Å². The van der Waals surface area contributed by atoms with Crippen LogP contribution >= 0.6 is 0 Å². The molecule has 4 rings (SSSR count). The minimum atomic E-state index is -2.52. The van der Waals surface area contributed by atoms with E-state index in [1.54, 1.807) is 0 Å². The summed E-state index contributed by atoms with van der Waals surface area (Å²) in [6, 6.07) is 4.45. The lowest BCUT2D eigenvalue weighted by Gasteiger charge is -2.23. The number of allylic oxidation sites excluding steroid dienone is 1. The van der Waals surface area contributed by atoms with Crippen LogP contribution in [-0.2, 0) is 0 Å². The lowest BCUT2D eigenvalue weighted by atomic mass is 9.68. The van der Waals surface area contributed by atoms with Crippen molar-refractivity contribution in [3.8, 4) is 11.5 Å². The molecule has 13 heteroatoms. The summed E-state index contributed by atoms with van der Waals surface area (Å²) < 4.78 is 149. The van der Waals surface area contributed by atoms with Gasteiger partial charge < -0.3 is 9.31 Å². The summed E-state index contributed by atoms with van der Waals surface area (Å²) >= 11 is 0. The molecule has 0 aliphatic heterocycles. The van der Waals surface area contributed by atoms with Gasteiger partial charge in [-0.15, -0.1) is 0 Å². The Balaban J connectivity index is 1.86. The molecule has 0 aromatic heterocycles. The molecule has 1 aliphatic carbocycles. The van der Waals surface area contributed by atoms with Gasteiger partial charge >= 0.3 is 7.12 Å². The van der Waals surface area contributed by atoms with E-state index in [2.05, 4.69) is 0 Å². The fraction of sp³-hybridized carbons (Fsp3) is 0.0476. The van der Waals surface area contributed by atoms with Crippen LogP contribution in [0.4, 0.5) is 43.9 Å². The topological polar surface area (TPSA) is 18.5 Å². The van der Waals surface area contributed by atoms with Gasteiger partial charge in [0.15, 0.2) is 23.2 Å². The number of fused-ring (bicyclic) bond motifs is 1. The average Bonchev–Trinajstić information content (AvgIpc) is 3.06. The monoisotopic (exact) mass is 492 g/mol. The smallest absolute Gasteiger partial charge is 0.525 e. The van der Waals surface area contributed by atoms with Crippen LogP contribution in [0.15, 0.2) is 42.2 Å². The van der Waals surface area contributed by atoms with Crippen LogP contribution in [-0.4, -0.2) is 7.12 Å². The maximum Gasteiger partial charge on any atom is 0.610 e. The Labute approximate surface area is 184 Å². The number of hydrogen-bond acceptors (Lipinski definition) is 2. The fourth-order valence-electron chi connectivity index (χ4n) is 3.34. The molecule has 0 bridgehead atoms. The Morgan fingerprint density at radius 3 is 1.85 bits per heavy atom. The summed E-state index contributed by atoms with van der Waals surface area (Å²) in [6.45, 7) is 0. The van der Waals surface area contributed by atoms with Gasteiger partial charge in [0, 0.05) is 6.07 Å². The summed E-state index contributed by atoms with van der Waals surface area (Å²) in [7, 11) is -2.48. The second kappa shape index (κ2) is 8.62. The van der Waals surface area contributed by atoms with Gasteiger partial charge in [-0.1, -0.05) is 12.1 Å². The van der Waals surface area contributed by atoms with Crippen molar-refractivity contribution >= 4 is 12.9 Å². The standard InChI is InChI=1S/C21H7BF10O2/c23-9-5-4-7(6-11(9)25)33-22(34-21-19(31)17(29)16(28)18(30)20(21)32)13-8-2-1-3-10(24)12(8)14(26)15(13)27/h1-6,13H. The average molecular weight is 492 g/mol. The van der Waals surface area contributed by atoms with Gasteiger partial charge in [-0.25, -0.2) is 35.1 Å². The van der Waals surface area contributed by atoms with Gasteiger partial charge in [-0.2, -0.15) is 8.78 Å². The van der Waals surface area contributed by atoms with Gasteiger partial charge in [-0.05, 0) is 23.8 Å². The first-order valence-electron chi connectivity index (χ1n) is 9.16. The first-order chi connectivity index (χ1) is 16.0. The lowest BCUT2D eigenvalue weighted by Crippen LogP contribution is -2.38. The van der Waals surface area contributed by atoms with E-state index in [0.29, 0.717) is 12.1 Å². The molecular formula is C21H7BF10O2. The van der Waals surface area contributed by atoms with Crippen LogP contribution in [0.5, 0.6) is 11.5 Å². The normalized spacial score (nSPS) is 14.9. The minimum Gasteiger partial charge on any atom is -0.525 e. The van der Waals surface area contributed by atoms with E-state index >= 15 is 0 Å². The van der Waals surface area contributed by atoms with Crippen molar-refractivity contribution in [2.75, 3.05) is 0 Å². The molecular weight excluding hydrogens is 485 g/mol. The number of benzene rings is 3.